The zero-order chi connectivity index (χ0) is 18.3. The second kappa shape index (κ2) is 8.67. The van der Waals surface area contributed by atoms with Crippen molar-refractivity contribution in [2.45, 2.75) is 39.2 Å². The molecule has 25 heavy (non-hydrogen) atoms. The number of urea groups is 1. The van der Waals surface area contributed by atoms with Gasteiger partial charge in [-0.15, -0.1) is 11.3 Å². The molecule has 3 N–H and O–H groups in total. The van der Waals surface area contributed by atoms with Crippen LogP contribution in [0.2, 0.25) is 0 Å². The number of carbonyl (C=O) groups is 2. The minimum atomic E-state index is -0.249. The minimum absolute atomic E-state index is 0.112. The van der Waals surface area contributed by atoms with Gasteiger partial charge in [0, 0.05) is 28.2 Å². The van der Waals surface area contributed by atoms with Crippen LogP contribution in [0.5, 0.6) is 0 Å². The highest BCUT2D eigenvalue weighted by molar-refractivity contribution is 7.09. The lowest BCUT2D eigenvalue weighted by Crippen LogP contribution is -2.42. The minimum Gasteiger partial charge on any atom is -0.347 e. The van der Waals surface area contributed by atoms with Gasteiger partial charge in [-0.1, -0.05) is 13.0 Å². The van der Waals surface area contributed by atoms with Gasteiger partial charge in [0.25, 0.3) is 5.91 Å². The molecule has 0 aliphatic heterocycles. The molecule has 0 spiro atoms. The van der Waals surface area contributed by atoms with Gasteiger partial charge in [0.05, 0.1) is 0 Å². The standard InChI is InChI=1S/C19H25N3O2S/c1-4-19(2,3)22-17(23)14-7-9-15(10-8-14)21-18(24)20-12-11-16-6-5-13-25-16/h5-10,13H,4,11-12H2,1-3H3,(H,22,23)(H2,20,21,24). The number of benzene rings is 1. The van der Waals surface area contributed by atoms with E-state index in [0.717, 1.165) is 12.8 Å². The lowest BCUT2D eigenvalue weighted by atomic mass is 10.0. The maximum Gasteiger partial charge on any atom is 0.319 e. The summed E-state index contributed by atoms with van der Waals surface area (Å²) in [5.41, 5.74) is 0.987. The zero-order valence-electron chi connectivity index (χ0n) is 14.9. The third-order valence-electron chi connectivity index (χ3n) is 3.98. The fraction of sp³-hybridized carbons (Fsp3) is 0.368. The number of rotatable bonds is 7. The van der Waals surface area contributed by atoms with Gasteiger partial charge in [-0.05, 0) is 62.4 Å². The number of anilines is 1. The van der Waals surface area contributed by atoms with Gasteiger partial charge in [-0.3, -0.25) is 4.79 Å². The molecule has 0 saturated heterocycles. The summed E-state index contributed by atoms with van der Waals surface area (Å²) in [5.74, 6) is -0.112. The van der Waals surface area contributed by atoms with Crippen molar-refractivity contribution in [1.82, 2.24) is 10.6 Å². The molecule has 6 heteroatoms. The van der Waals surface area contributed by atoms with Crippen LogP contribution < -0.4 is 16.0 Å². The third kappa shape index (κ3) is 6.23. The molecule has 1 aromatic carbocycles. The fourth-order valence-electron chi connectivity index (χ4n) is 2.10. The first kappa shape index (κ1) is 19.0. The van der Waals surface area contributed by atoms with Crippen LogP contribution in [-0.4, -0.2) is 24.0 Å². The second-order valence-corrected chi connectivity index (χ2v) is 7.51. The normalized spacial score (nSPS) is 11.0. The van der Waals surface area contributed by atoms with Crippen molar-refractivity contribution in [2.24, 2.45) is 0 Å². The van der Waals surface area contributed by atoms with Gasteiger partial charge in [-0.25, -0.2) is 4.79 Å². The zero-order valence-corrected chi connectivity index (χ0v) is 15.7. The van der Waals surface area contributed by atoms with Gasteiger partial charge >= 0.3 is 6.03 Å². The molecule has 2 aromatic rings. The van der Waals surface area contributed by atoms with E-state index in [4.69, 9.17) is 0 Å². The maximum absolute atomic E-state index is 12.2. The second-order valence-electron chi connectivity index (χ2n) is 6.48. The van der Waals surface area contributed by atoms with E-state index in [0.29, 0.717) is 17.8 Å². The Morgan fingerprint density at radius 3 is 2.44 bits per heavy atom. The predicted octanol–water partition coefficient (Wildman–Crippen LogP) is 4.03. The molecule has 3 amide bonds. The van der Waals surface area contributed by atoms with Crippen LogP contribution in [0, 0.1) is 0 Å². The van der Waals surface area contributed by atoms with Gasteiger partial charge < -0.3 is 16.0 Å². The summed E-state index contributed by atoms with van der Waals surface area (Å²) < 4.78 is 0. The van der Waals surface area contributed by atoms with Crippen LogP contribution in [0.15, 0.2) is 41.8 Å². The largest absolute Gasteiger partial charge is 0.347 e. The summed E-state index contributed by atoms with van der Waals surface area (Å²) in [5, 5.41) is 10.6. The summed E-state index contributed by atoms with van der Waals surface area (Å²) >= 11 is 1.68. The Hall–Kier alpha value is -2.34. The number of thiophene rings is 1. The predicted molar refractivity (Wildman–Crippen MR) is 103 cm³/mol. The Kier molecular flexibility index (Phi) is 6.58. The molecule has 0 unspecified atom stereocenters. The summed E-state index contributed by atoms with van der Waals surface area (Å²) in [6.07, 6.45) is 1.67. The van der Waals surface area contributed by atoms with Crippen LogP contribution in [-0.2, 0) is 6.42 Å². The van der Waals surface area contributed by atoms with E-state index >= 15 is 0 Å². The van der Waals surface area contributed by atoms with E-state index in [2.05, 4.69) is 16.0 Å². The molecule has 0 aliphatic carbocycles. The van der Waals surface area contributed by atoms with Crippen molar-refractivity contribution < 1.29 is 9.59 Å². The van der Waals surface area contributed by atoms with Crippen molar-refractivity contribution in [3.8, 4) is 0 Å². The third-order valence-corrected chi connectivity index (χ3v) is 4.91. The molecule has 5 nitrogen and oxygen atoms in total. The highest BCUT2D eigenvalue weighted by Crippen LogP contribution is 2.13. The van der Waals surface area contributed by atoms with Crippen LogP contribution in [0.25, 0.3) is 0 Å². The van der Waals surface area contributed by atoms with Crippen molar-refractivity contribution in [3.05, 3.63) is 52.2 Å². The number of hydrogen-bond acceptors (Lipinski definition) is 3. The summed E-state index contributed by atoms with van der Waals surface area (Å²) in [6.45, 7) is 6.59. The first-order valence-electron chi connectivity index (χ1n) is 8.39. The van der Waals surface area contributed by atoms with Crippen molar-refractivity contribution in [1.29, 1.82) is 0 Å². The lowest BCUT2D eigenvalue weighted by Gasteiger charge is -2.24. The highest BCUT2D eigenvalue weighted by atomic mass is 32.1. The molecule has 0 radical (unpaired) electrons. The average Bonchev–Trinajstić information content (AvgIpc) is 3.08. The van der Waals surface area contributed by atoms with E-state index in [9.17, 15) is 9.59 Å². The van der Waals surface area contributed by atoms with Crippen LogP contribution >= 0.6 is 11.3 Å². The molecule has 0 saturated carbocycles. The molecule has 2 rings (SSSR count). The molecule has 0 aliphatic rings. The maximum atomic E-state index is 12.2. The van der Waals surface area contributed by atoms with Crippen molar-refractivity contribution >= 4 is 29.0 Å². The van der Waals surface area contributed by atoms with Gasteiger partial charge in [-0.2, -0.15) is 0 Å². The summed E-state index contributed by atoms with van der Waals surface area (Å²) in [6, 6.07) is 10.7. The molecule has 0 fully saturated rings. The van der Waals surface area contributed by atoms with E-state index in [1.807, 2.05) is 38.3 Å². The van der Waals surface area contributed by atoms with E-state index < -0.39 is 0 Å². The Morgan fingerprint density at radius 1 is 1.12 bits per heavy atom. The molecule has 1 aromatic heterocycles. The number of hydrogen-bond donors (Lipinski definition) is 3. The molecule has 0 bridgehead atoms. The molecule has 0 atom stereocenters. The molecule has 134 valence electrons. The quantitative estimate of drug-likeness (QED) is 0.698. The smallest absolute Gasteiger partial charge is 0.319 e. The van der Waals surface area contributed by atoms with Crippen molar-refractivity contribution in [2.75, 3.05) is 11.9 Å². The highest BCUT2D eigenvalue weighted by Gasteiger charge is 2.18. The van der Waals surface area contributed by atoms with Crippen LogP contribution in [0.4, 0.5) is 10.5 Å². The Morgan fingerprint density at radius 2 is 1.84 bits per heavy atom. The van der Waals surface area contributed by atoms with Crippen molar-refractivity contribution in [3.63, 3.8) is 0 Å². The fourth-order valence-corrected chi connectivity index (χ4v) is 2.81. The van der Waals surface area contributed by atoms with E-state index in [-0.39, 0.29) is 17.5 Å². The summed E-state index contributed by atoms with van der Waals surface area (Å²) in [4.78, 5) is 25.3. The monoisotopic (exact) mass is 359 g/mol. The topological polar surface area (TPSA) is 70.2 Å². The van der Waals surface area contributed by atoms with Crippen LogP contribution in [0.1, 0.15) is 42.4 Å². The Balaban J connectivity index is 1.81. The Labute approximate surface area is 152 Å². The average molecular weight is 359 g/mol. The number of amides is 3. The van der Waals surface area contributed by atoms with Gasteiger partial charge in [0.1, 0.15) is 0 Å². The number of nitrogens with one attached hydrogen (secondary N) is 3. The first-order chi connectivity index (χ1) is 11.9. The van der Waals surface area contributed by atoms with E-state index in [1.165, 1.54) is 4.88 Å². The molecule has 1 heterocycles. The van der Waals surface area contributed by atoms with Crippen LogP contribution in [0.3, 0.4) is 0 Å². The summed E-state index contributed by atoms with van der Waals surface area (Å²) in [7, 11) is 0. The first-order valence-corrected chi connectivity index (χ1v) is 9.27. The number of carbonyl (C=O) groups excluding carboxylic acids is 2. The van der Waals surface area contributed by atoms with Gasteiger partial charge in [0.15, 0.2) is 0 Å². The van der Waals surface area contributed by atoms with E-state index in [1.54, 1.807) is 35.6 Å². The SMILES string of the molecule is CCC(C)(C)NC(=O)c1ccc(NC(=O)NCCc2cccs2)cc1. The lowest BCUT2D eigenvalue weighted by molar-refractivity contribution is 0.0911. The molecular weight excluding hydrogens is 334 g/mol. The Bertz CT molecular complexity index is 694. The van der Waals surface area contributed by atoms with Gasteiger partial charge in [0.2, 0.25) is 0 Å². The molecular formula is C19H25N3O2S.